The van der Waals surface area contributed by atoms with E-state index in [9.17, 15) is 13.5 Å². The summed E-state index contributed by atoms with van der Waals surface area (Å²) in [5.74, 6) is 1.41. The molecule has 1 saturated heterocycles. The topological polar surface area (TPSA) is 79.3 Å². The first kappa shape index (κ1) is 22.8. The van der Waals surface area contributed by atoms with Crippen LogP contribution < -0.4 is 13.8 Å². The van der Waals surface area contributed by atoms with Crippen molar-refractivity contribution in [3.05, 3.63) is 77.3 Å². The zero-order valence-corrected chi connectivity index (χ0v) is 20.0. The summed E-state index contributed by atoms with van der Waals surface area (Å²) in [5.41, 5.74) is 1.40. The van der Waals surface area contributed by atoms with Crippen LogP contribution in [-0.2, 0) is 16.6 Å². The number of nitrogens with zero attached hydrogens (tertiary/aromatic N) is 2. The van der Waals surface area contributed by atoms with Crippen molar-refractivity contribution in [2.45, 2.75) is 30.3 Å². The van der Waals surface area contributed by atoms with E-state index in [2.05, 4.69) is 4.90 Å². The number of halogens is 1. The van der Waals surface area contributed by atoms with Crippen LogP contribution in [0.4, 0.5) is 5.69 Å². The van der Waals surface area contributed by atoms with E-state index < -0.39 is 10.0 Å². The molecule has 2 aliphatic heterocycles. The van der Waals surface area contributed by atoms with Crippen LogP contribution in [0, 0.1) is 0 Å². The van der Waals surface area contributed by atoms with Crippen molar-refractivity contribution in [2.75, 3.05) is 24.2 Å². The van der Waals surface area contributed by atoms with Crippen LogP contribution in [0.5, 0.6) is 17.2 Å². The third-order valence-corrected chi connectivity index (χ3v) is 8.40. The molecule has 2 aliphatic rings. The van der Waals surface area contributed by atoms with Gasteiger partial charge in [0.2, 0.25) is 6.79 Å². The molecule has 0 unspecified atom stereocenters. The third kappa shape index (κ3) is 4.53. The fourth-order valence-corrected chi connectivity index (χ4v) is 6.31. The van der Waals surface area contributed by atoms with Crippen LogP contribution in [0.15, 0.2) is 71.6 Å². The molecule has 0 amide bonds. The third-order valence-electron chi connectivity index (χ3n) is 6.26. The number of hydrogen-bond acceptors (Lipinski definition) is 6. The van der Waals surface area contributed by atoms with Crippen molar-refractivity contribution in [2.24, 2.45) is 0 Å². The fourth-order valence-electron chi connectivity index (χ4n) is 4.49. The summed E-state index contributed by atoms with van der Waals surface area (Å²) in [5, 5.41) is 10.6. The predicted molar refractivity (Wildman–Crippen MR) is 130 cm³/mol. The normalized spacial score (nSPS) is 16.5. The van der Waals surface area contributed by atoms with Crippen molar-refractivity contribution >= 4 is 27.3 Å². The highest BCUT2D eigenvalue weighted by Gasteiger charge is 2.35. The van der Waals surface area contributed by atoms with E-state index in [1.807, 2.05) is 12.1 Å². The van der Waals surface area contributed by atoms with Gasteiger partial charge in [-0.3, -0.25) is 9.21 Å². The number of piperidine rings is 1. The molecular formula is C25H25ClN2O5S. The lowest BCUT2D eigenvalue weighted by Crippen LogP contribution is -2.47. The summed E-state index contributed by atoms with van der Waals surface area (Å²) in [4.78, 5) is 2.42. The van der Waals surface area contributed by atoms with Crippen LogP contribution >= 0.6 is 11.6 Å². The molecule has 5 rings (SSSR count). The van der Waals surface area contributed by atoms with Crippen LogP contribution in [0.1, 0.15) is 18.4 Å². The van der Waals surface area contributed by atoms with Crippen molar-refractivity contribution in [3.8, 4) is 17.2 Å². The fraction of sp³-hybridized carbons (Fsp3) is 0.280. The van der Waals surface area contributed by atoms with Crippen molar-refractivity contribution in [1.82, 2.24) is 4.90 Å². The van der Waals surface area contributed by atoms with Gasteiger partial charge in [0.1, 0.15) is 5.75 Å². The Labute approximate surface area is 204 Å². The number of anilines is 1. The second-order valence-corrected chi connectivity index (χ2v) is 10.7. The minimum Gasteiger partial charge on any atom is -0.508 e. The zero-order chi connectivity index (χ0) is 23.7. The van der Waals surface area contributed by atoms with Crippen molar-refractivity contribution in [1.29, 1.82) is 0 Å². The highest BCUT2D eigenvalue weighted by atomic mass is 35.5. The summed E-state index contributed by atoms with van der Waals surface area (Å²) in [6.07, 6.45) is 1.30. The Hall–Kier alpha value is -2.94. The summed E-state index contributed by atoms with van der Waals surface area (Å²) < 4.78 is 40.1. The number of para-hydroxylation sites is 1. The Kier molecular flexibility index (Phi) is 6.29. The van der Waals surface area contributed by atoms with Gasteiger partial charge in [-0.25, -0.2) is 8.42 Å². The first-order chi connectivity index (χ1) is 16.4. The van der Waals surface area contributed by atoms with Crippen LogP contribution in [0.2, 0.25) is 5.02 Å². The quantitative estimate of drug-likeness (QED) is 0.531. The molecule has 0 radical (unpaired) electrons. The number of ether oxygens (including phenoxy) is 2. The molecule has 178 valence electrons. The Balaban J connectivity index is 1.42. The maximum absolute atomic E-state index is 13.8. The first-order valence-electron chi connectivity index (χ1n) is 11.1. The van der Waals surface area contributed by atoms with Gasteiger partial charge in [-0.05, 0) is 55.3 Å². The highest BCUT2D eigenvalue weighted by Crippen LogP contribution is 2.39. The lowest BCUT2D eigenvalue weighted by molar-refractivity contribution is 0.174. The summed E-state index contributed by atoms with van der Waals surface area (Å²) in [7, 11) is -3.85. The standard InChI is InChI=1S/C25H25ClN2O5S/c26-19-5-8-22(9-6-19)34(30,31)28(21-7-10-24-25(15-21)33-17-32-24)20-11-13-27(14-12-20)16-18-3-1-2-4-23(18)29/h1-10,15,20,29H,11-14,16-17H2. The molecule has 1 fully saturated rings. The summed E-state index contributed by atoms with van der Waals surface area (Å²) in [6, 6.07) is 18.5. The van der Waals surface area contributed by atoms with Gasteiger partial charge >= 0.3 is 0 Å². The molecule has 3 aromatic carbocycles. The van der Waals surface area contributed by atoms with E-state index >= 15 is 0 Å². The molecule has 9 heteroatoms. The molecule has 0 spiro atoms. The first-order valence-corrected chi connectivity index (χ1v) is 12.9. The number of phenols is 1. The zero-order valence-electron chi connectivity index (χ0n) is 18.4. The van der Waals surface area contributed by atoms with E-state index in [1.54, 1.807) is 42.5 Å². The second kappa shape index (κ2) is 9.37. The van der Waals surface area contributed by atoms with E-state index in [1.165, 1.54) is 16.4 Å². The van der Waals surface area contributed by atoms with Gasteiger partial charge in [0, 0.05) is 42.3 Å². The lowest BCUT2D eigenvalue weighted by atomic mass is 10.0. The molecule has 7 nitrogen and oxygen atoms in total. The molecule has 0 saturated carbocycles. The van der Waals surface area contributed by atoms with E-state index in [0.29, 0.717) is 54.7 Å². The minimum absolute atomic E-state index is 0.118. The number of rotatable bonds is 6. The second-order valence-electron chi connectivity index (χ2n) is 8.43. The number of benzene rings is 3. The van der Waals surface area contributed by atoms with Crippen molar-refractivity contribution in [3.63, 3.8) is 0 Å². The van der Waals surface area contributed by atoms with E-state index in [0.717, 1.165) is 5.56 Å². The maximum Gasteiger partial charge on any atom is 0.264 e. The highest BCUT2D eigenvalue weighted by molar-refractivity contribution is 7.92. The van der Waals surface area contributed by atoms with Gasteiger partial charge in [-0.1, -0.05) is 29.8 Å². The largest absolute Gasteiger partial charge is 0.508 e. The van der Waals surface area contributed by atoms with Gasteiger partial charge in [0.05, 0.1) is 10.6 Å². The maximum atomic E-state index is 13.8. The Morgan fingerprint density at radius 2 is 1.68 bits per heavy atom. The number of phenolic OH excluding ortho intramolecular Hbond substituents is 1. The number of sulfonamides is 1. The predicted octanol–water partition coefficient (Wildman–Crippen LogP) is 4.63. The SMILES string of the molecule is O=S(=O)(c1ccc(Cl)cc1)N(c1ccc2c(c1)OCO2)C1CCN(Cc2ccccc2O)CC1. The van der Waals surface area contributed by atoms with Gasteiger partial charge < -0.3 is 14.6 Å². The average molecular weight is 501 g/mol. The molecular weight excluding hydrogens is 476 g/mol. The Morgan fingerprint density at radius 3 is 2.41 bits per heavy atom. The molecule has 34 heavy (non-hydrogen) atoms. The van der Waals surface area contributed by atoms with Crippen molar-refractivity contribution < 1.29 is 23.0 Å². The molecule has 0 aliphatic carbocycles. The molecule has 0 aromatic heterocycles. The van der Waals surface area contributed by atoms with Crippen LogP contribution in [0.25, 0.3) is 0 Å². The Morgan fingerprint density at radius 1 is 0.971 bits per heavy atom. The van der Waals surface area contributed by atoms with Gasteiger partial charge in [-0.15, -0.1) is 0 Å². The van der Waals surface area contributed by atoms with Gasteiger partial charge in [0.25, 0.3) is 10.0 Å². The summed E-state index contributed by atoms with van der Waals surface area (Å²) >= 11 is 6.00. The summed E-state index contributed by atoms with van der Waals surface area (Å²) in [6.45, 7) is 2.15. The van der Waals surface area contributed by atoms with E-state index in [-0.39, 0.29) is 23.5 Å². The molecule has 2 heterocycles. The molecule has 1 N–H and O–H groups in total. The van der Waals surface area contributed by atoms with Gasteiger partial charge in [0.15, 0.2) is 11.5 Å². The number of fused-ring (bicyclic) bond motifs is 1. The van der Waals surface area contributed by atoms with Crippen LogP contribution in [0.3, 0.4) is 0 Å². The number of aromatic hydroxyl groups is 1. The molecule has 0 atom stereocenters. The average Bonchev–Trinajstić information content (AvgIpc) is 3.30. The number of hydrogen-bond donors (Lipinski definition) is 1. The minimum atomic E-state index is -3.85. The molecule has 3 aromatic rings. The van der Waals surface area contributed by atoms with Crippen LogP contribution in [-0.4, -0.2) is 44.3 Å². The Bertz CT molecular complexity index is 1270. The van der Waals surface area contributed by atoms with E-state index in [4.69, 9.17) is 21.1 Å². The molecule has 0 bridgehead atoms. The smallest absolute Gasteiger partial charge is 0.264 e. The lowest BCUT2D eigenvalue weighted by Gasteiger charge is -2.39. The number of likely N-dealkylation sites (tertiary alicyclic amines) is 1. The monoisotopic (exact) mass is 500 g/mol. The van der Waals surface area contributed by atoms with Gasteiger partial charge in [-0.2, -0.15) is 0 Å².